The van der Waals surface area contributed by atoms with Crippen LogP contribution in [0.3, 0.4) is 0 Å². The maximum Gasteiger partial charge on any atom is 0.129 e. The maximum absolute atomic E-state index is 13.3. The molecule has 0 spiro atoms. The molecule has 0 heterocycles. The molecular weight excluding hydrogens is 210 g/mol. The van der Waals surface area contributed by atoms with Gasteiger partial charge in [-0.25, -0.2) is 8.78 Å². The predicted molar refractivity (Wildman–Crippen MR) is 60.1 cm³/mol. The van der Waals surface area contributed by atoms with Crippen molar-refractivity contribution in [1.29, 1.82) is 0 Å². The molecule has 1 atom stereocenters. The zero-order valence-corrected chi connectivity index (χ0v) is 9.93. The van der Waals surface area contributed by atoms with E-state index in [0.717, 1.165) is 6.07 Å². The summed E-state index contributed by atoms with van der Waals surface area (Å²) in [6.07, 6.45) is 0.215. The van der Waals surface area contributed by atoms with E-state index in [1.54, 1.807) is 0 Å². The van der Waals surface area contributed by atoms with Gasteiger partial charge in [-0.3, -0.25) is 0 Å². The number of halogens is 2. The summed E-state index contributed by atoms with van der Waals surface area (Å²) in [5, 5.41) is 9.77. The Kier molecular flexibility index (Phi) is 4.03. The molecule has 0 fully saturated rings. The summed E-state index contributed by atoms with van der Waals surface area (Å²) in [7, 11) is 0. The van der Waals surface area contributed by atoms with Gasteiger partial charge in [-0.2, -0.15) is 0 Å². The molecule has 1 rings (SSSR count). The fourth-order valence-electron chi connectivity index (χ4n) is 1.72. The molecule has 0 aliphatic heterocycles. The van der Waals surface area contributed by atoms with Crippen LogP contribution in [0.1, 0.15) is 32.8 Å². The summed E-state index contributed by atoms with van der Waals surface area (Å²) in [5.41, 5.74) is 0.355. The average molecular weight is 228 g/mol. The van der Waals surface area contributed by atoms with E-state index < -0.39 is 17.7 Å². The van der Waals surface area contributed by atoms with Gasteiger partial charge in [0.05, 0.1) is 6.10 Å². The van der Waals surface area contributed by atoms with Gasteiger partial charge in [0.2, 0.25) is 0 Å². The summed E-state index contributed by atoms with van der Waals surface area (Å²) in [6, 6.07) is 3.44. The lowest BCUT2D eigenvalue weighted by Crippen LogP contribution is -2.20. The van der Waals surface area contributed by atoms with Crippen LogP contribution in [0.2, 0.25) is 0 Å². The van der Waals surface area contributed by atoms with Crippen molar-refractivity contribution in [3.8, 4) is 0 Å². The Labute approximate surface area is 95.1 Å². The highest BCUT2D eigenvalue weighted by Gasteiger charge is 2.18. The molecule has 0 radical (unpaired) electrons. The van der Waals surface area contributed by atoms with Gasteiger partial charge < -0.3 is 5.11 Å². The third-order valence-electron chi connectivity index (χ3n) is 2.32. The van der Waals surface area contributed by atoms with Crippen molar-refractivity contribution >= 4 is 0 Å². The molecule has 0 aliphatic rings. The first kappa shape index (κ1) is 13.1. The largest absolute Gasteiger partial charge is 0.393 e. The number of benzene rings is 1. The van der Waals surface area contributed by atoms with Gasteiger partial charge in [-0.15, -0.1) is 0 Å². The molecule has 0 amide bonds. The van der Waals surface area contributed by atoms with Gasteiger partial charge in [0.15, 0.2) is 0 Å². The Morgan fingerprint density at radius 3 is 2.38 bits per heavy atom. The standard InChI is InChI=1S/C13H18F2O/c1-13(2,3)8-11(16)6-9-4-5-10(14)7-12(9)15/h4-5,7,11,16H,6,8H2,1-3H3. The SMILES string of the molecule is CC(C)(C)CC(O)Cc1ccc(F)cc1F. The molecule has 0 aromatic heterocycles. The highest BCUT2D eigenvalue weighted by molar-refractivity contribution is 5.19. The van der Waals surface area contributed by atoms with Crippen molar-refractivity contribution in [2.24, 2.45) is 5.41 Å². The number of hydrogen-bond acceptors (Lipinski definition) is 1. The van der Waals surface area contributed by atoms with Crippen molar-refractivity contribution in [3.05, 3.63) is 35.4 Å². The third-order valence-corrected chi connectivity index (χ3v) is 2.32. The van der Waals surface area contributed by atoms with Gasteiger partial charge in [0.1, 0.15) is 11.6 Å². The topological polar surface area (TPSA) is 20.2 Å². The molecule has 3 heteroatoms. The van der Waals surface area contributed by atoms with Crippen molar-refractivity contribution in [2.45, 2.75) is 39.7 Å². The van der Waals surface area contributed by atoms with Crippen LogP contribution in [0, 0.1) is 17.0 Å². The summed E-state index contributed by atoms with van der Waals surface area (Å²) >= 11 is 0. The summed E-state index contributed by atoms with van der Waals surface area (Å²) in [5.74, 6) is -1.18. The molecule has 1 nitrogen and oxygen atoms in total. The quantitative estimate of drug-likeness (QED) is 0.841. The second kappa shape index (κ2) is 4.91. The Balaban J connectivity index is 2.66. The second-order valence-electron chi connectivity index (χ2n) is 5.36. The number of aliphatic hydroxyl groups is 1. The van der Waals surface area contributed by atoms with E-state index >= 15 is 0 Å². The minimum absolute atomic E-state index is 0.00404. The van der Waals surface area contributed by atoms with Crippen LogP contribution < -0.4 is 0 Å². The van der Waals surface area contributed by atoms with E-state index in [0.29, 0.717) is 12.0 Å². The maximum atomic E-state index is 13.3. The minimum Gasteiger partial charge on any atom is -0.393 e. The molecule has 0 aliphatic carbocycles. The lowest BCUT2D eigenvalue weighted by atomic mass is 9.87. The van der Waals surface area contributed by atoms with Crippen molar-refractivity contribution in [3.63, 3.8) is 0 Å². The first-order chi connectivity index (χ1) is 7.28. The van der Waals surface area contributed by atoms with Crippen molar-refractivity contribution in [1.82, 2.24) is 0 Å². The highest BCUT2D eigenvalue weighted by Crippen LogP contribution is 2.23. The van der Waals surface area contributed by atoms with Crippen LogP contribution in [-0.4, -0.2) is 11.2 Å². The summed E-state index contributed by atoms with van der Waals surface area (Å²) < 4.78 is 25.9. The van der Waals surface area contributed by atoms with Crippen LogP contribution in [-0.2, 0) is 6.42 Å². The molecule has 1 N–H and O–H groups in total. The van der Waals surface area contributed by atoms with Gasteiger partial charge in [0, 0.05) is 12.5 Å². The van der Waals surface area contributed by atoms with Crippen LogP contribution in [0.5, 0.6) is 0 Å². The predicted octanol–water partition coefficient (Wildman–Crippen LogP) is 3.30. The monoisotopic (exact) mass is 228 g/mol. The van der Waals surface area contributed by atoms with E-state index in [1.165, 1.54) is 12.1 Å². The third kappa shape index (κ3) is 4.27. The highest BCUT2D eigenvalue weighted by atomic mass is 19.1. The lowest BCUT2D eigenvalue weighted by Gasteiger charge is -2.22. The fourth-order valence-corrected chi connectivity index (χ4v) is 1.72. The Morgan fingerprint density at radius 2 is 1.88 bits per heavy atom. The van der Waals surface area contributed by atoms with Gasteiger partial charge in [-0.05, 0) is 23.5 Å². The zero-order valence-electron chi connectivity index (χ0n) is 9.93. The molecule has 0 saturated carbocycles. The molecular formula is C13H18F2O. The van der Waals surface area contributed by atoms with Crippen LogP contribution >= 0.6 is 0 Å². The first-order valence-electron chi connectivity index (χ1n) is 5.40. The second-order valence-corrected chi connectivity index (χ2v) is 5.36. The van der Waals surface area contributed by atoms with Crippen LogP contribution in [0.25, 0.3) is 0 Å². The fraction of sp³-hybridized carbons (Fsp3) is 0.538. The average Bonchev–Trinajstić information content (AvgIpc) is 2.06. The first-order valence-corrected chi connectivity index (χ1v) is 5.40. The molecule has 0 saturated heterocycles. The van der Waals surface area contributed by atoms with E-state index in [4.69, 9.17) is 0 Å². The van der Waals surface area contributed by atoms with E-state index in [-0.39, 0.29) is 11.8 Å². The van der Waals surface area contributed by atoms with E-state index in [2.05, 4.69) is 0 Å². The zero-order chi connectivity index (χ0) is 12.3. The van der Waals surface area contributed by atoms with Crippen molar-refractivity contribution in [2.75, 3.05) is 0 Å². The molecule has 1 aromatic rings. The van der Waals surface area contributed by atoms with Gasteiger partial charge in [-0.1, -0.05) is 26.8 Å². The normalized spacial score (nSPS) is 13.9. The lowest BCUT2D eigenvalue weighted by molar-refractivity contribution is 0.120. The van der Waals surface area contributed by atoms with E-state index in [9.17, 15) is 13.9 Å². The van der Waals surface area contributed by atoms with Gasteiger partial charge >= 0.3 is 0 Å². The Morgan fingerprint density at radius 1 is 1.25 bits per heavy atom. The Bertz CT molecular complexity index is 355. The molecule has 0 bridgehead atoms. The minimum atomic E-state index is -0.597. The molecule has 1 unspecified atom stereocenters. The molecule has 90 valence electrons. The summed E-state index contributed by atoms with van der Waals surface area (Å²) in [4.78, 5) is 0. The van der Waals surface area contributed by atoms with E-state index in [1.807, 2.05) is 20.8 Å². The Hall–Kier alpha value is -0.960. The van der Waals surface area contributed by atoms with Crippen LogP contribution in [0.15, 0.2) is 18.2 Å². The molecule has 1 aromatic carbocycles. The van der Waals surface area contributed by atoms with Gasteiger partial charge in [0.25, 0.3) is 0 Å². The number of rotatable bonds is 3. The smallest absolute Gasteiger partial charge is 0.129 e. The van der Waals surface area contributed by atoms with Crippen molar-refractivity contribution < 1.29 is 13.9 Å². The molecule has 16 heavy (non-hydrogen) atoms. The summed E-state index contributed by atoms with van der Waals surface area (Å²) in [6.45, 7) is 6.03. The van der Waals surface area contributed by atoms with Crippen LogP contribution in [0.4, 0.5) is 8.78 Å². The number of aliphatic hydroxyl groups excluding tert-OH is 1. The number of hydrogen-bond donors (Lipinski definition) is 1.